The number of hydrogen-bond acceptors (Lipinski definition) is 2. The summed E-state index contributed by atoms with van der Waals surface area (Å²) in [5.41, 5.74) is 8.44. The molecule has 17 heavy (non-hydrogen) atoms. The summed E-state index contributed by atoms with van der Waals surface area (Å²) in [4.78, 5) is 2.45. The Morgan fingerprint density at radius 2 is 1.82 bits per heavy atom. The van der Waals surface area contributed by atoms with E-state index in [1.807, 2.05) is 0 Å². The highest BCUT2D eigenvalue weighted by Crippen LogP contribution is 2.25. The van der Waals surface area contributed by atoms with Crippen LogP contribution in [-0.4, -0.2) is 18.5 Å². The van der Waals surface area contributed by atoms with Crippen molar-refractivity contribution in [1.29, 1.82) is 0 Å². The lowest BCUT2D eigenvalue weighted by atomic mass is 10.1. The molecule has 94 valence electrons. The van der Waals surface area contributed by atoms with Gasteiger partial charge in [0.15, 0.2) is 0 Å². The maximum Gasteiger partial charge on any atom is 0.0234 e. The second-order valence-electron chi connectivity index (χ2n) is 5.32. The molecule has 1 aromatic carbocycles. The van der Waals surface area contributed by atoms with E-state index >= 15 is 0 Å². The molecule has 1 aromatic rings. The van der Waals surface area contributed by atoms with Crippen molar-refractivity contribution in [2.45, 2.75) is 38.8 Å². The van der Waals surface area contributed by atoms with E-state index in [9.17, 15) is 0 Å². The van der Waals surface area contributed by atoms with Gasteiger partial charge in [-0.25, -0.2) is 0 Å². The maximum atomic E-state index is 5.77. The number of nitrogens with two attached hydrogens (primary N) is 1. The maximum absolute atomic E-state index is 5.77. The van der Waals surface area contributed by atoms with Gasteiger partial charge in [0.05, 0.1) is 0 Å². The van der Waals surface area contributed by atoms with Crippen LogP contribution in [0.25, 0.3) is 0 Å². The zero-order valence-corrected chi connectivity index (χ0v) is 10.9. The molecule has 0 heterocycles. The van der Waals surface area contributed by atoms with Gasteiger partial charge in [0.2, 0.25) is 0 Å². The Morgan fingerprint density at radius 3 is 2.47 bits per heavy atom. The monoisotopic (exact) mass is 232 g/mol. The molecule has 2 heteroatoms. The lowest BCUT2D eigenvalue weighted by molar-refractivity contribution is 0.270. The first-order chi connectivity index (χ1) is 8.29. The normalized spacial score (nSPS) is 16.9. The van der Waals surface area contributed by atoms with Gasteiger partial charge in [-0.3, -0.25) is 0 Å². The number of hydrogen-bond donors (Lipinski definition) is 1. The summed E-state index contributed by atoms with van der Waals surface area (Å²) in [7, 11) is 2.23. The van der Waals surface area contributed by atoms with E-state index in [1.54, 1.807) is 0 Å². The topological polar surface area (TPSA) is 29.3 Å². The van der Waals surface area contributed by atoms with E-state index in [1.165, 1.54) is 43.4 Å². The minimum atomic E-state index is 0.646. The molecule has 1 fully saturated rings. The van der Waals surface area contributed by atoms with E-state index in [0.717, 1.165) is 12.5 Å². The van der Waals surface area contributed by atoms with Gasteiger partial charge in [-0.15, -0.1) is 0 Å². The van der Waals surface area contributed by atoms with Gasteiger partial charge in [-0.2, -0.15) is 0 Å². The van der Waals surface area contributed by atoms with E-state index in [0.29, 0.717) is 6.54 Å². The van der Waals surface area contributed by atoms with Crippen molar-refractivity contribution in [1.82, 2.24) is 4.90 Å². The Hall–Kier alpha value is -0.860. The molecule has 0 unspecified atom stereocenters. The first-order valence-electron chi connectivity index (χ1n) is 6.75. The van der Waals surface area contributed by atoms with Gasteiger partial charge in [0.1, 0.15) is 0 Å². The van der Waals surface area contributed by atoms with Crippen LogP contribution in [-0.2, 0) is 13.1 Å². The molecule has 0 aliphatic heterocycles. The summed E-state index contributed by atoms with van der Waals surface area (Å²) in [5, 5.41) is 0. The Labute approximate surface area is 105 Å². The molecule has 0 aromatic heterocycles. The van der Waals surface area contributed by atoms with Crippen LogP contribution in [0, 0.1) is 5.92 Å². The second kappa shape index (κ2) is 6.18. The predicted octanol–water partition coefficient (Wildman–Crippen LogP) is 2.77. The summed E-state index contributed by atoms with van der Waals surface area (Å²) in [6.07, 6.45) is 5.70. The quantitative estimate of drug-likeness (QED) is 0.846. The second-order valence-corrected chi connectivity index (χ2v) is 5.32. The van der Waals surface area contributed by atoms with E-state index in [-0.39, 0.29) is 0 Å². The third-order valence-corrected chi connectivity index (χ3v) is 3.82. The predicted molar refractivity (Wildman–Crippen MR) is 72.6 cm³/mol. The highest BCUT2D eigenvalue weighted by molar-refractivity contribution is 5.26. The van der Waals surface area contributed by atoms with Gasteiger partial charge in [-0.1, -0.05) is 37.1 Å². The molecule has 2 N–H and O–H groups in total. The van der Waals surface area contributed by atoms with Crippen molar-refractivity contribution >= 4 is 0 Å². The van der Waals surface area contributed by atoms with Gasteiger partial charge in [-0.05, 0) is 36.9 Å². The Bertz CT molecular complexity index is 343. The fourth-order valence-electron chi connectivity index (χ4n) is 2.90. The molecule has 0 amide bonds. The average molecular weight is 232 g/mol. The zero-order valence-electron chi connectivity index (χ0n) is 10.9. The molecular formula is C15H24N2. The first kappa shape index (κ1) is 12.6. The highest BCUT2D eigenvalue weighted by Gasteiger charge is 2.17. The van der Waals surface area contributed by atoms with Crippen molar-refractivity contribution in [3.05, 3.63) is 35.4 Å². The van der Waals surface area contributed by atoms with Gasteiger partial charge in [0, 0.05) is 19.6 Å². The molecule has 0 radical (unpaired) electrons. The van der Waals surface area contributed by atoms with Crippen LogP contribution in [0.15, 0.2) is 24.3 Å². The standard InChI is InChI=1S/C15H24N2/c1-17(11-13-6-2-3-7-13)12-15-9-5-4-8-14(15)10-16/h4-5,8-9,13H,2-3,6-7,10-12,16H2,1H3. The summed E-state index contributed by atoms with van der Waals surface area (Å²) in [5.74, 6) is 0.921. The lowest BCUT2D eigenvalue weighted by Gasteiger charge is -2.22. The van der Waals surface area contributed by atoms with Crippen molar-refractivity contribution < 1.29 is 0 Å². The lowest BCUT2D eigenvalue weighted by Crippen LogP contribution is -2.24. The van der Waals surface area contributed by atoms with Crippen LogP contribution >= 0.6 is 0 Å². The molecule has 0 atom stereocenters. The minimum absolute atomic E-state index is 0.646. The minimum Gasteiger partial charge on any atom is -0.326 e. The summed E-state index contributed by atoms with van der Waals surface area (Å²) >= 11 is 0. The summed E-state index contributed by atoms with van der Waals surface area (Å²) in [6.45, 7) is 2.91. The largest absolute Gasteiger partial charge is 0.326 e. The molecule has 1 aliphatic rings. The number of rotatable bonds is 5. The van der Waals surface area contributed by atoms with Crippen LogP contribution in [0.4, 0.5) is 0 Å². The van der Waals surface area contributed by atoms with Crippen LogP contribution < -0.4 is 5.73 Å². The van der Waals surface area contributed by atoms with Crippen LogP contribution in [0.2, 0.25) is 0 Å². The Balaban J connectivity index is 1.90. The van der Waals surface area contributed by atoms with Gasteiger partial charge < -0.3 is 10.6 Å². The SMILES string of the molecule is CN(Cc1ccccc1CN)CC1CCCC1. The van der Waals surface area contributed by atoms with Crippen LogP contribution in [0.1, 0.15) is 36.8 Å². The molecular weight excluding hydrogens is 208 g/mol. The summed E-state index contributed by atoms with van der Waals surface area (Å²) < 4.78 is 0. The van der Waals surface area contributed by atoms with Crippen molar-refractivity contribution in [2.75, 3.05) is 13.6 Å². The van der Waals surface area contributed by atoms with Gasteiger partial charge >= 0.3 is 0 Å². The highest BCUT2D eigenvalue weighted by atomic mass is 15.1. The Kier molecular flexibility index (Phi) is 4.57. The average Bonchev–Trinajstić information content (AvgIpc) is 2.82. The zero-order chi connectivity index (χ0) is 12.1. The van der Waals surface area contributed by atoms with Crippen LogP contribution in [0.5, 0.6) is 0 Å². The molecule has 1 saturated carbocycles. The first-order valence-corrected chi connectivity index (χ1v) is 6.75. The number of benzene rings is 1. The fraction of sp³-hybridized carbons (Fsp3) is 0.600. The Morgan fingerprint density at radius 1 is 1.18 bits per heavy atom. The van der Waals surface area contributed by atoms with Crippen molar-refractivity contribution in [3.63, 3.8) is 0 Å². The number of nitrogens with zero attached hydrogens (tertiary/aromatic N) is 1. The molecule has 2 rings (SSSR count). The van der Waals surface area contributed by atoms with Gasteiger partial charge in [0.25, 0.3) is 0 Å². The third-order valence-electron chi connectivity index (χ3n) is 3.82. The van der Waals surface area contributed by atoms with Crippen molar-refractivity contribution in [2.24, 2.45) is 11.7 Å². The molecule has 0 spiro atoms. The third kappa shape index (κ3) is 3.55. The molecule has 2 nitrogen and oxygen atoms in total. The van der Waals surface area contributed by atoms with Crippen molar-refractivity contribution in [3.8, 4) is 0 Å². The van der Waals surface area contributed by atoms with Crippen LogP contribution in [0.3, 0.4) is 0 Å². The van der Waals surface area contributed by atoms with E-state index in [2.05, 4.69) is 36.2 Å². The molecule has 0 bridgehead atoms. The smallest absolute Gasteiger partial charge is 0.0234 e. The van der Waals surface area contributed by atoms with E-state index < -0.39 is 0 Å². The molecule has 0 saturated heterocycles. The van der Waals surface area contributed by atoms with E-state index in [4.69, 9.17) is 5.73 Å². The molecule has 1 aliphatic carbocycles. The fourth-order valence-corrected chi connectivity index (χ4v) is 2.90. The summed E-state index contributed by atoms with van der Waals surface area (Å²) in [6, 6.07) is 8.52.